The fourth-order valence-electron chi connectivity index (χ4n) is 1.59. The lowest BCUT2D eigenvalue weighted by Crippen LogP contribution is -2.25. The van der Waals surface area contributed by atoms with E-state index in [9.17, 15) is 0 Å². The van der Waals surface area contributed by atoms with Crippen molar-refractivity contribution in [2.24, 2.45) is 0 Å². The van der Waals surface area contributed by atoms with Gasteiger partial charge < -0.3 is 10.3 Å². The molecule has 13 heavy (non-hydrogen) atoms. The Bertz CT molecular complexity index is 305. The Balaban J connectivity index is 3.33. The summed E-state index contributed by atoms with van der Waals surface area (Å²) in [6.45, 7) is 10.5. The standard InChI is InChI=1S/C10H19N3/c1-6-8-12-7(2)9(11)13(8)10(3,4)5/h6,11H2,1-5H3. The summed E-state index contributed by atoms with van der Waals surface area (Å²) in [5, 5.41) is 0. The van der Waals surface area contributed by atoms with Gasteiger partial charge in [-0.15, -0.1) is 0 Å². The van der Waals surface area contributed by atoms with Crippen molar-refractivity contribution in [3.8, 4) is 0 Å². The molecule has 0 fully saturated rings. The molecule has 0 aromatic carbocycles. The Morgan fingerprint density at radius 1 is 1.38 bits per heavy atom. The van der Waals surface area contributed by atoms with E-state index < -0.39 is 0 Å². The molecule has 2 N–H and O–H groups in total. The molecule has 0 bridgehead atoms. The van der Waals surface area contributed by atoms with Gasteiger partial charge in [-0.2, -0.15) is 0 Å². The third-order valence-corrected chi connectivity index (χ3v) is 2.15. The van der Waals surface area contributed by atoms with Crippen molar-refractivity contribution in [3.63, 3.8) is 0 Å². The highest BCUT2D eigenvalue weighted by Gasteiger charge is 2.21. The summed E-state index contributed by atoms with van der Waals surface area (Å²) >= 11 is 0. The number of hydrogen-bond acceptors (Lipinski definition) is 2. The Morgan fingerprint density at radius 3 is 2.23 bits per heavy atom. The molecule has 0 radical (unpaired) electrons. The first-order valence-electron chi connectivity index (χ1n) is 4.72. The lowest BCUT2D eigenvalue weighted by molar-refractivity contribution is 0.389. The van der Waals surface area contributed by atoms with Gasteiger partial charge in [0.15, 0.2) is 0 Å². The van der Waals surface area contributed by atoms with E-state index >= 15 is 0 Å². The van der Waals surface area contributed by atoms with Crippen molar-refractivity contribution >= 4 is 5.82 Å². The van der Waals surface area contributed by atoms with Gasteiger partial charge in [0.05, 0.1) is 5.69 Å². The molecule has 1 aromatic rings. The van der Waals surface area contributed by atoms with E-state index in [1.165, 1.54) is 0 Å². The van der Waals surface area contributed by atoms with Crippen LogP contribution < -0.4 is 5.73 Å². The van der Waals surface area contributed by atoms with Gasteiger partial charge in [0.25, 0.3) is 0 Å². The molecule has 0 aliphatic carbocycles. The Morgan fingerprint density at radius 2 is 1.92 bits per heavy atom. The summed E-state index contributed by atoms with van der Waals surface area (Å²) in [6.07, 6.45) is 0.926. The Labute approximate surface area is 80.0 Å². The third kappa shape index (κ3) is 1.69. The van der Waals surface area contributed by atoms with Crippen molar-refractivity contribution in [2.45, 2.75) is 46.6 Å². The second-order valence-corrected chi connectivity index (χ2v) is 4.36. The molecule has 0 atom stereocenters. The highest BCUT2D eigenvalue weighted by Crippen LogP contribution is 2.24. The average Bonchev–Trinajstić information content (AvgIpc) is 2.26. The van der Waals surface area contributed by atoms with Crippen LogP contribution in [0.2, 0.25) is 0 Å². The summed E-state index contributed by atoms with van der Waals surface area (Å²) in [5.74, 6) is 1.87. The number of hydrogen-bond donors (Lipinski definition) is 1. The van der Waals surface area contributed by atoms with Crippen molar-refractivity contribution in [1.82, 2.24) is 9.55 Å². The molecular formula is C10H19N3. The Hall–Kier alpha value is -0.990. The molecule has 0 unspecified atom stereocenters. The summed E-state index contributed by atoms with van der Waals surface area (Å²) in [7, 11) is 0. The predicted octanol–water partition coefficient (Wildman–Crippen LogP) is 2.09. The normalized spacial score (nSPS) is 12.1. The number of nitrogen functional groups attached to an aromatic ring is 1. The minimum atomic E-state index is 0.0245. The van der Waals surface area contributed by atoms with E-state index in [0.29, 0.717) is 0 Å². The van der Waals surface area contributed by atoms with Crippen molar-refractivity contribution in [3.05, 3.63) is 11.5 Å². The van der Waals surface area contributed by atoms with Crippen LogP contribution in [-0.4, -0.2) is 9.55 Å². The van der Waals surface area contributed by atoms with Crippen molar-refractivity contribution in [2.75, 3.05) is 5.73 Å². The van der Waals surface area contributed by atoms with E-state index in [2.05, 4.69) is 37.2 Å². The summed E-state index contributed by atoms with van der Waals surface area (Å²) < 4.78 is 2.11. The van der Waals surface area contributed by atoms with Crippen LogP contribution in [0.25, 0.3) is 0 Å². The van der Waals surface area contributed by atoms with Gasteiger partial charge in [-0.3, -0.25) is 0 Å². The lowest BCUT2D eigenvalue weighted by atomic mass is 10.1. The second-order valence-electron chi connectivity index (χ2n) is 4.36. The zero-order valence-corrected chi connectivity index (χ0v) is 9.18. The molecule has 0 saturated carbocycles. The number of nitrogens with zero attached hydrogens (tertiary/aromatic N) is 2. The molecule has 3 nitrogen and oxygen atoms in total. The third-order valence-electron chi connectivity index (χ3n) is 2.15. The van der Waals surface area contributed by atoms with Gasteiger partial charge >= 0.3 is 0 Å². The first kappa shape index (κ1) is 10.1. The van der Waals surface area contributed by atoms with E-state index in [1.807, 2.05) is 6.92 Å². The maximum Gasteiger partial charge on any atom is 0.126 e. The van der Waals surface area contributed by atoms with Crippen LogP contribution in [0.4, 0.5) is 5.82 Å². The largest absolute Gasteiger partial charge is 0.384 e. The maximum absolute atomic E-state index is 5.97. The fourth-order valence-corrected chi connectivity index (χ4v) is 1.59. The molecule has 0 saturated heterocycles. The smallest absolute Gasteiger partial charge is 0.126 e. The zero-order chi connectivity index (χ0) is 10.2. The van der Waals surface area contributed by atoms with Gasteiger partial charge in [-0.05, 0) is 27.7 Å². The van der Waals surface area contributed by atoms with Gasteiger partial charge in [0.2, 0.25) is 0 Å². The van der Waals surface area contributed by atoms with Crippen LogP contribution >= 0.6 is 0 Å². The number of nitrogens with two attached hydrogens (primary N) is 1. The molecule has 1 heterocycles. The van der Waals surface area contributed by atoms with Gasteiger partial charge in [-0.1, -0.05) is 6.92 Å². The lowest BCUT2D eigenvalue weighted by Gasteiger charge is -2.24. The highest BCUT2D eigenvalue weighted by atomic mass is 15.2. The highest BCUT2D eigenvalue weighted by molar-refractivity contribution is 5.38. The van der Waals surface area contributed by atoms with E-state index in [0.717, 1.165) is 23.8 Å². The minimum Gasteiger partial charge on any atom is -0.384 e. The monoisotopic (exact) mass is 181 g/mol. The van der Waals surface area contributed by atoms with Crippen LogP contribution in [0.1, 0.15) is 39.2 Å². The van der Waals surface area contributed by atoms with Crippen LogP contribution in [0.3, 0.4) is 0 Å². The summed E-state index contributed by atoms with van der Waals surface area (Å²) in [5.41, 5.74) is 6.93. The summed E-state index contributed by atoms with van der Waals surface area (Å²) in [6, 6.07) is 0. The van der Waals surface area contributed by atoms with E-state index in [4.69, 9.17) is 5.73 Å². The molecular weight excluding hydrogens is 162 g/mol. The molecule has 0 amide bonds. The quantitative estimate of drug-likeness (QED) is 0.721. The minimum absolute atomic E-state index is 0.0245. The fraction of sp³-hybridized carbons (Fsp3) is 0.700. The molecule has 0 aliphatic heterocycles. The van der Waals surface area contributed by atoms with E-state index in [1.54, 1.807) is 0 Å². The van der Waals surface area contributed by atoms with Gasteiger partial charge in [0.1, 0.15) is 11.6 Å². The average molecular weight is 181 g/mol. The SMILES string of the molecule is CCc1nc(C)c(N)n1C(C)(C)C. The van der Waals surface area contributed by atoms with Crippen LogP contribution in [0.5, 0.6) is 0 Å². The topological polar surface area (TPSA) is 43.8 Å². The first-order valence-corrected chi connectivity index (χ1v) is 4.72. The number of imidazole rings is 1. The van der Waals surface area contributed by atoms with Crippen molar-refractivity contribution in [1.29, 1.82) is 0 Å². The molecule has 0 aliphatic rings. The van der Waals surface area contributed by atoms with Gasteiger partial charge in [0, 0.05) is 12.0 Å². The second kappa shape index (κ2) is 3.05. The zero-order valence-electron chi connectivity index (χ0n) is 9.18. The predicted molar refractivity (Wildman–Crippen MR) is 55.8 cm³/mol. The van der Waals surface area contributed by atoms with Crippen LogP contribution in [0, 0.1) is 6.92 Å². The molecule has 0 spiro atoms. The first-order chi connectivity index (χ1) is 5.88. The number of aromatic nitrogens is 2. The molecule has 74 valence electrons. The molecule has 3 heteroatoms. The molecule has 1 rings (SSSR count). The number of anilines is 1. The van der Waals surface area contributed by atoms with Crippen LogP contribution in [0.15, 0.2) is 0 Å². The maximum atomic E-state index is 5.97. The van der Waals surface area contributed by atoms with Gasteiger partial charge in [-0.25, -0.2) is 4.98 Å². The summed E-state index contributed by atoms with van der Waals surface area (Å²) in [4.78, 5) is 4.43. The molecule has 1 aromatic heterocycles. The van der Waals surface area contributed by atoms with Crippen LogP contribution in [-0.2, 0) is 12.0 Å². The number of rotatable bonds is 1. The van der Waals surface area contributed by atoms with Crippen molar-refractivity contribution < 1.29 is 0 Å². The van der Waals surface area contributed by atoms with E-state index in [-0.39, 0.29) is 5.54 Å². The number of aryl methyl sites for hydroxylation is 2. The Kier molecular flexibility index (Phi) is 2.37.